The van der Waals surface area contributed by atoms with Crippen molar-refractivity contribution in [3.8, 4) is 0 Å². The predicted octanol–water partition coefficient (Wildman–Crippen LogP) is 1.99. The van der Waals surface area contributed by atoms with Crippen LogP contribution < -0.4 is 10.6 Å². The number of rotatable bonds is 1. The van der Waals surface area contributed by atoms with Gasteiger partial charge in [0.15, 0.2) is 0 Å². The van der Waals surface area contributed by atoms with Crippen LogP contribution in [0.25, 0.3) is 0 Å². The molecule has 1 heterocycles. The van der Waals surface area contributed by atoms with Crippen LogP contribution in [0.1, 0.15) is 12.8 Å². The van der Waals surface area contributed by atoms with Crippen molar-refractivity contribution in [2.24, 2.45) is 0 Å². The summed E-state index contributed by atoms with van der Waals surface area (Å²) in [5, 5.41) is 9.61. The number of anilines is 2. The standard InChI is InChI=1S/C11H15BrN2O/c12-8-3-4-10(13)11(6-8)14-5-1-2-9(15)7-14/h3-4,6,9,15H,1-2,5,7,13H2. The Bertz CT molecular complexity index is 356. The molecule has 0 aliphatic carbocycles. The van der Waals surface area contributed by atoms with E-state index in [1.54, 1.807) is 0 Å². The first-order chi connectivity index (χ1) is 7.16. The van der Waals surface area contributed by atoms with Crippen LogP contribution in [0.5, 0.6) is 0 Å². The highest BCUT2D eigenvalue weighted by atomic mass is 79.9. The lowest BCUT2D eigenvalue weighted by Gasteiger charge is -2.32. The van der Waals surface area contributed by atoms with Crippen molar-refractivity contribution >= 4 is 27.3 Å². The molecular formula is C11H15BrN2O. The fourth-order valence-corrected chi connectivity index (χ4v) is 2.31. The maximum Gasteiger partial charge on any atom is 0.0715 e. The molecule has 1 aliphatic heterocycles. The molecule has 3 N–H and O–H groups in total. The topological polar surface area (TPSA) is 49.5 Å². The molecule has 1 fully saturated rings. The lowest BCUT2D eigenvalue weighted by molar-refractivity contribution is 0.154. The van der Waals surface area contributed by atoms with Crippen LogP contribution in [0.3, 0.4) is 0 Å². The van der Waals surface area contributed by atoms with Gasteiger partial charge in [-0.2, -0.15) is 0 Å². The van der Waals surface area contributed by atoms with Crippen molar-refractivity contribution in [1.29, 1.82) is 0 Å². The summed E-state index contributed by atoms with van der Waals surface area (Å²) in [6.45, 7) is 1.65. The summed E-state index contributed by atoms with van der Waals surface area (Å²) in [5.41, 5.74) is 7.71. The third-order valence-corrected chi connectivity index (χ3v) is 3.22. The van der Waals surface area contributed by atoms with Gasteiger partial charge in [0.05, 0.1) is 17.5 Å². The van der Waals surface area contributed by atoms with Crippen LogP contribution >= 0.6 is 15.9 Å². The van der Waals surface area contributed by atoms with Crippen molar-refractivity contribution in [3.05, 3.63) is 22.7 Å². The number of aliphatic hydroxyl groups excluding tert-OH is 1. The number of nitrogens with two attached hydrogens (primary N) is 1. The van der Waals surface area contributed by atoms with E-state index in [0.717, 1.165) is 35.2 Å². The third kappa shape index (κ3) is 2.44. The molecule has 3 nitrogen and oxygen atoms in total. The van der Waals surface area contributed by atoms with Crippen LogP contribution in [-0.4, -0.2) is 24.3 Å². The minimum absolute atomic E-state index is 0.225. The average Bonchev–Trinajstić information content (AvgIpc) is 2.22. The lowest BCUT2D eigenvalue weighted by Crippen LogP contribution is -2.38. The molecule has 1 atom stereocenters. The second-order valence-corrected chi connectivity index (χ2v) is 4.86. The molecule has 1 aromatic rings. The van der Waals surface area contributed by atoms with E-state index in [0.29, 0.717) is 6.54 Å². The van der Waals surface area contributed by atoms with Gasteiger partial charge in [-0.1, -0.05) is 15.9 Å². The van der Waals surface area contributed by atoms with Gasteiger partial charge in [0.2, 0.25) is 0 Å². The monoisotopic (exact) mass is 270 g/mol. The summed E-state index contributed by atoms with van der Waals surface area (Å²) in [5.74, 6) is 0. The third-order valence-electron chi connectivity index (χ3n) is 2.73. The highest BCUT2D eigenvalue weighted by molar-refractivity contribution is 9.10. The van der Waals surface area contributed by atoms with E-state index < -0.39 is 0 Å². The van der Waals surface area contributed by atoms with Gasteiger partial charge >= 0.3 is 0 Å². The molecular weight excluding hydrogens is 256 g/mol. The predicted molar refractivity (Wildman–Crippen MR) is 66.0 cm³/mol. The minimum Gasteiger partial charge on any atom is -0.397 e. The second kappa shape index (κ2) is 4.41. The van der Waals surface area contributed by atoms with E-state index in [-0.39, 0.29) is 6.10 Å². The number of hydrogen-bond acceptors (Lipinski definition) is 3. The van der Waals surface area contributed by atoms with Crippen LogP contribution in [0.2, 0.25) is 0 Å². The molecule has 15 heavy (non-hydrogen) atoms. The number of nitrogen functional groups attached to an aromatic ring is 1. The first-order valence-electron chi connectivity index (χ1n) is 5.15. The number of nitrogens with zero attached hydrogens (tertiary/aromatic N) is 1. The molecule has 0 bridgehead atoms. The normalized spacial score (nSPS) is 21.7. The van der Waals surface area contributed by atoms with E-state index in [2.05, 4.69) is 20.8 Å². The molecule has 1 aromatic carbocycles. The Kier molecular flexibility index (Phi) is 3.17. The highest BCUT2D eigenvalue weighted by Crippen LogP contribution is 2.29. The number of piperidine rings is 1. The van der Waals surface area contributed by atoms with E-state index in [4.69, 9.17) is 5.73 Å². The van der Waals surface area contributed by atoms with Crippen molar-refractivity contribution in [2.45, 2.75) is 18.9 Å². The quantitative estimate of drug-likeness (QED) is 0.768. The molecule has 1 saturated heterocycles. The Morgan fingerprint density at radius 2 is 2.27 bits per heavy atom. The summed E-state index contributed by atoms with van der Waals surface area (Å²) in [6, 6.07) is 5.83. The number of β-amino-alcohol motifs (C(OH)–C–C–N with tert-alkyl or cyclic N) is 1. The molecule has 0 radical (unpaired) electrons. The molecule has 1 unspecified atom stereocenters. The van der Waals surface area contributed by atoms with Gasteiger partial charge < -0.3 is 15.7 Å². The Morgan fingerprint density at radius 3 is 3.00 bits per heavy atom. The van der Waals surface area contributed by atoms with Gasteiger partial charge in [0, 0.05) is 17.6 Å². The second-order valence-electron chi connectivity index (χ2n) is 3.95. The van der Waals surface area contributed by atoms with Gasteiger partial charge in [-0.05, 0) is 31.0 Å². The van der Waals surface area contributed by atoms with Gasteiger partial charge in [-0.15, -0.1) is 0 Å². The largest absolute Gasteiger partial charge is 0.397 e. The van der Waals surface area contributed by atoms with Crippen LogP contribution in [0, 0.1) is 0 Å². The zero-order valence-corrected chi connectivity index (χ0v) is 10.1. The molecule has 0 spiro atoms. The van der Waals surface area contributed by atoms with Crippen LogP contribution in [-0.2, 0) is 0 Å². The van der Waals surface area contributed by atoms with E-state index in [1.807, 2.05) is 18.2 Å². The highest BCUT2D eigenvalue weighted by Gasteiger charge is 2.19. The van der Waals surface area contributed by atoms with E-state index in [9.17, 15) is 5.11 Å². The van der Waals surface area contributed by atoms with Gasteiger partial charge in [0.1, 0.15) is 0 Å². The smallest absolute Gasteiger partial charge is 0.0715 e. The Balaban J connectivity index is 2.24. The first kappa shape index (κ1) is 10.8. The maximum atomic E-state index is 9.61. The number of halogens is 1. The first-order valence-corrected chi connectivity index (χ1v) is 5.94. The lowest BCUT2D eigenvalue weighted by atomic mass is 10.1. The fourth-order valence-electron chi connectivity index (χ4n) is 1.96. The number of benzene rings is 1. The van der Waals surface area contributed by atoms with Crippen molar-refractivity contribution in [3.63, 3.8) is 0 Å². The van der Waals surface area contributed by atoms with Crippen molar-refractivity contribution < 1.29 is 5.11 Å². The van der Waals surface area contributed by atoms with E-state index >= 15 is 0 Å². The van der Waals surface area contributed by atoms with E-state index in [1.165, 1.54) is 0 Å². The molecule has 0 saturated carbocycles. The summed E-state index contributed by atoms with van der Waals surface area (Å²) in [4.78, 5) is 2.15. The van der Waals surface area contributed by atoms with Gasteiger partial charge in [-0.3, -0.25) is 0 Å². The molecule has 82 valence electrons. The average molecular weight is 271 g/mol. The molecule has 0 amide bonds. The maximum absolute atomic E-state index is 9.61. The molecule has 1 aliphatic rings. The SMILES string of the molecule is Nc1ccc(Br)cc1N1CCCC(O)C1. The molecule has 0 aromatic heterocycles. The Morgan fingerprint density at radius 1 is 1.47 bits per heavy atom. The van der Waals surface area contributed by atoms with Crippen LogP contribution in [0.4, 0.5) is 11.4 Å². The van der Waals surface area contributed by atoms with Crippen molar-refractivity contribution in [2.75, 3.05) is 23.7 Å². The summed E-state index contributed by atoms with van der Waals surface area (Å²) in [6.07, 6.45) is 1.69. The Hall–Kier alpha value is -0.740. The fraction of sp³-hybridized carbons (Fsp3) is 0.455. The summed E-state index contributed by atoms with van der Waals surface area (Å²) < 4.78 is 1.02. The van der Waals surface area contributed by atoms with Gasteiger partial charge in [0.25, 0.3) is 0 Å². The minimum atomic E-state index is -0.225. The van der Waals surface area contributed by atoms with Crippen molar-refractivity contribution in [1.82, 2.24) is 0 Å². The zero-order chi connectivity index (χ0) is 10.8. The van der Waals surface area contributed by atoms with Gasteiger partial charge in [-0.25, -0.2) is 0 Å². The Labute approximate surface area is 98.0 Å². The number of hydrogen-bond donors (Lipinski definition) is 2. The summed E-state index contributed by atoms with van der Waals surface area (Å²) >= 11 is 3.43. The number of aliphatic hydroxyl groups is 1. The zero-order valence-electron chi connectivity index (χ0n) is 8.49. The van der Waals surface area contributed by atoms with Crippen LogP contribution in [0.15, 0.2) is 22.7 Å². The summed E-state index contributed by atoms with van der Waals surface area (Å²) in [7, 11) is 0. The molecule has 4 heteroatoms. The molecule has 2 rings (SSSR count).